The summed E-state index contributed by atoms with van der Waals surface area (Å²) in [5.74, 6) is 0.128. The lowest BCUT2D eigenvalue weighted by molar-refractivity contribution is -0.118. The molecule has 164 valence electrons. The maximum absolute atomic E-state index is 12.8. The molecule has 2 aliphatic rings. The van der Waals surface area contributed by atoms with E-state index in [1.165, 1.54) is 0 Å². The molecule has 1 fully saturated rings. The Hall–Kier alpha value is -2.90. The van der Waals surface area contributed by atoms with Gasteiger partial charge in [-0.15, -0.1) is 0 Å². The molecule has 1 amide bonds. The Balaban J connectivity index is 1.42. The van der Waals surface area contributed by atoms with Gasteiger partial charge in [0.15, 0.2) is 5.78 Å². The number of carbonyl (C=O) groups excluding carboxylic acids is 2. The summed E-state index contributed by atoms with van der Waals surface area (Å²) in [4.78, 5) is 26.9. The van der Waals surface area contributed by atoms with Crippen LogP contribution in [0.5, 0.6) is 5.75 Å². The molecule has 1 unspecified atom stereocenters. The molecule has 7 nitrogen and oxygen atoms in total. The Bertz CT molecular complexity index is 975. The molecule has 0 bridgehead atoms. The van der Waals surface area contributed by atoms with E-state index in [-0.39, 0.29) is 36.8 Å². The van der Waals surface area contributed by atoms with Crippen molar-refractivity contribution in [3.63, 3.8) is 0 Å². The minimum atomic E-state index is -0.261. The summed E-state index contributed by atoms with van der Waals surface area (Å²) in [7, 11) is 0. The highest BCUT2D eigenvalue weighted by atomic mass is 16.3. The van der Waals surface area contributed by atoms with Gasteiger partial charge < -0.3 is 20.8 Å². The van der Waals surface area contributed by atoms with Crippen molar-refractivity contribution >= 4 is 23.1 Å². The first kappa shape index (κ1) is 21.3. The van der Waals surface area contributed by atoms with Crippen LogP contribution in [-0.4, -0.2) is 46.1 Å². The number of benzene rings is 2. The van der Waals surface area contributed by atoms with Gasteiger partial charge in [-0.3, -0.25) is 14.5 Å². The smallest absolute Gasteiger partial charge is 0.238 e. The van der Waals surface area contributed by atoms with E-state index in [9.17, 15) is 19.8 Å². The van der Waals surface area contributed by atoms with Crippen LogP contribution < -0.4 is 10.6 Å². The fourth-order valence-electron chi connectivity index (χ4n) is 4.51. The Labute approximate surface area is 182 Å². The summed E-state index contributed by atoms with van der Waals surface area (Å²) in [5.41, 5.74) is 3.64. The van der Waals surface area contributed by atoms with Gasteiger partial charge in [0.2, 0.25) is 5.91 Å². The third-order valence-electron chi connectivity index (χ3n) is 6.13. The average molecular weight is 424 g/mol. The number of aliphatic hydroxyl groups excluding tert-OH is 1. The van der Waals surface area contributed by atoms with Gasteiger partial charge in [-0.25, -0.2) is 0 Å². The number of amides is 1. The number of carbonyl (C=O) groups is 2. The molecule has 2 aromatic rings. The lowest BCUT2D eigenvalue weighted by atomic mass is 9.90. The van der Waals surface area contributed by atoms with Crippen molar-refractivity contribution in [2.75, 3.05) is 23.7 Å². The van der Waals surface area contributed by atoms with Crippen LogP contribution >= 0.6 is 0 Å². The van der Waals surface area contributed by atoms with Gasteiger partial charge in [0, 0.05) is 35.5 Å². The zero-order valence-corrected chi connectivity index (χ0v) is 17.6. The van der Waals surface area contributed by atoms with Crippen LogP contribution in [0.3, 0.4) is 0 Å². The number of ketones is 1. The number of piperidine rings is 1. The lowest BCUT2D eigenvalue weighted by Crippen LogP contribution is -2.47. The molecule has 1 heterocycles. The van der Waals surface area contributed by atoms with Gasteiger partial charge in [-0.1, -0.05) is 6.07 Å². The monoisotopic (exact) mass is 423 g/mol. The Morgan fingerprint density at radius 3 is 2.84 bits per heavy atom. The number of aryl methyl sites for hydroxylation is 1. The SMILES string of the molecule is O=C(CN1CCCCC1Nc1cccc(O)c1CO)Nc1ccc2c(c1)CCCC2=O. The van der Waals surface area contributed by atoms with Crippen molar-refractivity contribution in [2.45, 2.75) is 51.3 Å². The van der Waals surface area contributed by atoms with E-state index in [0.717, 1.165) is 55.5 Å². The minimum absolute atomic E-state index is 0.0542. The fraction of sp³-hybridized carbons (Fsp3) is 0.417. The summed E-state index contributed by atoms with van der Waals surface area (Å²) < 4.78 is 0. The molecule has 1 aliphatic carbocycles. The largest absolute Gasteiger partial charge is 0.508 e. The highest BCUT2D eigenvalue weighted by Gasteiger charge is 2.25. The lowest BCUT2D eigenvalue weighted by Gasteiger charge is -2.36. The summed E-state index contributed by atoms with van der Waals surface area (Å²) >= 11 is 0. The molecular formula is C24H29N3O4. The molecule has 0 saturated carbocycles. The van der Waals surface area contributed by atoms with Crippen LogP contribution in [0.2, 0.25) is 0 Å². The Kier molecular flexibility index (Phi) is 6.53. The number of nitrogens with zero attached hydrogens (tertiary/aromatic N) is 1. The maximum Gasteiger partial charge on any atom is 0.238 e. The average Bonchev–Trinajstić information content (AvgIpc) is 2.75. The highest BCUT2D eigenvalue weighted by Crippen LogP contribution is 2.28. The van der Waals surface area contributed by atoms with Crippen molar-refractivity contribution in [3.8, 4) is 5.75 Å². The van der Waals surface area contributed by atoms with E-state index in [1.54, 1.807) is 18.2 Å². The zero-order chi connectivity index (χ0) is 21.8. The zero-order valence-electron chi connectivity index (χ0n) is 17.6. The van der Waals surface area contributed by atoms with Crippen LogP contribution in [0.25, 0.3) is 0 Å². The summed E-state index contributed by atoms with van der Waals surface area (Å²) in [6.07, 6.45) is 5.18. The van der Waals surface area contributed by atoms with E-state index in [4.69, 9.17) is 0 Å². The molecule has 0 aromatic heterocycles. The third kappa shape index (κ3) is 4.89. The number of Topliss-reactive ketones (excluding diaryl/α,β-unsaturated/α-hetero) is 1. The predicted molar refractivity (Wildman–Crippen MR) is 119 cm³/mol. The van der Waals surface area contributed by atoms with Crippen molar-refractivity contribution in [3.05, 3.63) is 53.1 Å². The van der Waals surface area contributed by atoms with Gasteiger partial charge in [-0.05, 0) is 68.0 Å². The first-order chi connectivity index (χ1) is 15.0. The molecule has 31 heavy (non-hydrogen) atoms. The second-order valence-corrected chi connectivity index (χ2v) is 8.28. The number of hydrogen-bond acceptors (Lipinski definition) is 6. The molecule has 1 atom stereocenters. The van der Waals surface area contributed by atoms with Crippen LogP contribution in [0.15, 0.2) is 36.4 Å². The number of aromatic hydroxyl groups is 1. The number of likely N-dealkylation sites (tertiary alicyclic amines) is 1. The van der Waals surface area contributed by atoms with Crippen LogP contribution in [-0.2, 0) is 17.8 Å². The quantitative estimate of drug-likeness (QED) is 0.569. The van der Waals surface area contributed by atoms with E-state index < -0.39 is 0 Å². The number of rotatable bonds is 6. The summed E-state index contributed by atoms with van der Waals surface area (Å²) in [6, 6.07) is 10.6. The maximum atomic E-state index is 12.8. The van der Waals surface area contributed by atoms with Gasteiger partial charge >= 0.3 is 0 Å². The Morgan fingerprint density at radius 2 is 2.00 bits per heavy atom. The highest BCUT2D eigenvalue weighted by molar-refractivity contribution is 5.99. The normalized spacial score (nSPS) is 19.0. The number of hydrogen-bond donors (Lipinski definition) is 4. The van der Waals surface area contributed by atoms with Crippen molar-refractivity contribution in [1.29, 1.82) is 0 Å². The van der Waals surface area contributed by atoms with Crippen LogP contribution in [0.1, 0.15) is 53.6 Å². The van der Waals surface area contributed by atoms with E-state index in [1.807, 2.05) is 18.2 Å². The van der Waals surface area contributed by atoms with E-state index >= 15 is 0 Å². The number of fused-ring (bicyclic) bond motifs is 1. The van der Waals surface area contributed by atoms with Crippen molar-refractivity contribution in [2.24, 2.45) is 0 Å². The molecule has 7 heteroatoms. The van der Waals surface area contributed by atoms with Gasteiger partial charge in [-0.2, -0.15) is 0 Å². The summed E-state index contributed by atoms with van der Waals surface area (Å²) in [6.45, 7) is 0.765. The van der Waals surface area contributed by atoms with Crippen LogP contribution in [0.4, 0.5) is 11.4 Å². The predicted octanol–water partition coefficient (Wildman–Crippen LogP) is 3.27. The standard InChI is InChI=1S/C24H29N3O4/c28-15-19-20(6-4-8-22(19)30)26-23-9-1-2-12-27(23)14-24(31)25-17-10-11-18-16(13-17)5-3-7-21(18)29/h4,6,8,10-11,13,23,26,28,30H,1-3,5,7,9,12,14-15H2,(H,25,31). The third-order valence-corrected chi connectivity index (χ3v) is 6.13. The van der Waals surface area contributed by atoms with Gasteiger partial charge in [0.25, 0.3) is 0 Å². The molecule has 0 spiro atoms. The second-order valence-electron chi connectivity index (χ2n) is 8.28. The molecule has 0 radical (unpaired) electrons. The molecule has 2 aromatic carbocycles. The van der Waals surface area contributed by atoms with Gasteiger partial charge in [0.1, 0.15) is 5.75 Å². The Morgan fingerprint density at radius 1 is 1.13 bits per heavy atom. The molecule has 1 aliphatic heterocycles. The molecular weight excluding hydrogens is 394 g/mol. The van der Waals surface area contributed by atoms with Crippen LogP contribution in [0, 0.1) is 0 Å². The molecule has 4 N–H and O–H groups in total. The van der Waals surface area contributed by atoms with Gasteiger partial charge in [0.05, 0.1) is 19.3 Å². The number of anilines is 2. The number of aliphatic hydroxyl groups is 1. The van der Waals surface area contributed by atoms with E-state index in [0.29, 0.717) is 17.7 Å². The molecule has 1 saturated heterocycles. The summed E-state index contributed by atoms with van der Waals surface area (Å²) in [5, 5.41) is 26.0. The number of nitrogens with one attached hydrogen (secondary N) is 2. The second kappa shape index (κ2) is 9.49. The fourth-order valence-corrected chi connectivity index (χ4v) is 4.51. The minimum Gasteiger partial charge on any atom is -0.508 e. The molecule has 4 rings (SSSR count). The topological polar surface area (TPSA) is 102 Å². The van der Waals surface area contributed by atoms with Crippen molar-refractivity contribution in [1.82, 2.24) is 4.90 Å². The number of phenols is 1. The van der Waals surface area contributed by atoms with Crippen molar-refractivity contribution < 1.29 is 19.8 Å². The first-order valence-electron chi connectivity index (χ1n) is 10.9. The van der Waals surface area contributed by atoms with E-state index in [2.05, 4.69) is 15.5 Å². The first-order valence-corrected chi connectivity index (χ1v) is 10.9.